The summed E-state index contributed by atoms with van der Waals surface area (Å²) in [5.74, 6) is 0.979. The van der Waals surface area contributed by atoms with Crippen molar-refractivity contribution in [1.82, 2.24) is 10.3 Å². The number of aromatic amines is 1. The van der Waals surface area contributed by atoms with E-state index in [1.165, 1.54) is 0 Å². The Morgan fingerprint density at radius 2 is 1.95 bits per heavy atom. The van der Waals surface area contributed by atoms with Crippen molar-refractivity contribution in [2.75, 3.05) is 31.1 Å². The van der Waals surface area contributed by atoms with Gasteiger partial charge in [-0.25, -0.2) is 0 Å². The van der Waals surface area contributed by atoms with Crippen molar-refractivity contribution in [2.45, 2.75) is 33.6 Å². The molecule has 0 unspecified atom stereocenters. The maximum Gasteiger partial charge on any atom is 0.318 e. The van der Waals surface area contributed by atoms with E-state index in [4.69, 9.17) is 0 Å². The normalized spacial score (nSPS) is 15.9. The maximum absolute atomic E-state index is 12.5. The standard InChI is InChI=1S/C14H24N4O2/c1-4-11-13(17-7-5-15-6-8-17)16-14(19)12(18(11)20)9-10(2)3/h10,15H,4-9H2,1-3H3,(H,16,19). The van der Waals surface area contributed by atoms with E-state index in [0.717, 1.165) is 30.9 Å². The number of hydrogen-bond donors (Lipinski definition) is 2. The lowest BCUT2D eigenvalue weighted by atomic mass is 10.1. The molecule has 0 saturated carbocycles. The molecule has 2 rings (SSSR count). The van der Waals surface area contributed by atoms with Crippen LogP contribution in [-0.4, -0.2) is 31.2 Å². The van der Waals surface area contributed by atoms with Gasteiger partial charge < -0.3 is 15.4 Å². The van der Waals surface area contributed by atoms with Crippen molar-refractivity contribution in [3.63, 3.8) is 0 Å². The molecule has 20 heavy (non-hydrogen) atoms. The number of anilines is 1. The second-order valence-corrected chi connectivity index (χ2v) is 5.68. The molecule has 0 aliphatic carbocycles. The Hall–Kier alpha value is -1.56. The molecule has 1 aromatic rings. The highest BCUT2D eigenvalue weighted by Gasteiger charge is 2.25. The summed E-state index contributed by atoms with van der Waals surface area (Å²) in [6.07, 6.45) is 1.12. The van der Waals surface area contributed by atoms with Crippen molar-refractivity contribution in [2.24, 2.45) is 5.92 Å². The van der Waals surface area contributed by atoms with Crippen molar-refractivity contribution in [3.05, 3.63) is 26.9 Å². The van der Waals surface area contributed by atoms with Gasteiger partial charge in [-0.05, 0) is 5.92 Å². The molecule has 0 atom stereocenters. The first kappa shape index (κ1) is 14.8. The summed E-state index contributed by atoms with van der Waals surface area (Å²) in [6, 6.07) is 0. The fourth-order valence-corrected chi connectivity index (χ4v) is 2.63. The average molecular weight is 280 g/mol. The minimum absolute atomic E-state index is 0.251. The van der Waals surface area contributed by atoms with E-state index in [1.807, 2.05) is 20.8 Å². The molecule has 0 aromatic carbocycles. The minimum Gasteiger partial charge on any atom is -0.618 e. The second-order valence-electron chi connectivity index (χ2n) is 5.68. The quantitative estimate of drug-likeness (QED) is 0.609. The van der Waals surface area contributed by atoms with Crippen molar-refractivity contribution in [3.8, 4) is 0 Å². The Bertz CT molecular complexity index is 519. The Labute approximate surface area is 119 Å². The SMILES string of the molecule is CCc1c(N2CCNCC2)[nH]c(=O)c(CC(C)C)[n+]1[O-]. The van der Waals surface area contributed by atoms with Gasteiger partial charge in [0.1, 0.15) is 0 Å². The highest BCUT2D eigenvalue weighted by molar-refractivity contribution is 5.42. The molecule has 1 aliphatic rings. The molecular formula is C14H24N4O2. The van der Waals surface area contributed by atoms with Gasteiger partial charge in [0.25, 0.3) is 5.69 Å². The van der Waals surface area contributed by atoms with Gasteiger partial charge in [0.2, 0.25) is 5.69 Å². The van der Waals surface area contributed by atoms with Gasteiger partial charge in [0.15, 0.2) is 5.82 Å². The van der Waals surface area contributed by atoms with E-state index in [-0.39, 0.29) is 11.5 Å². The predicted octanol–water partition coefficient (Wildman–Crippen LogP) is 0.179. The van der Waals surface area contributed by atoms with Gasteiger partial charge in [-0.15, -0.1) is 0 Å². The van der Waals surface area contributed by atoms with Crippen LogP contribution in [-0.2, 0) is 12.8 Å². The number of nitrogens with zero attached hydrogens (tertiary/aromatic N) is 2. The molecule has 1 saturated heterocycles. The topological polar surface area (TPSA) is 75.1 Å². The zero-order valence-electron chi connectivity index (χ0n) is 12.5. The molecule has 112 valence electrons. The third-order valence-electron chi connectivity index (χ3n) is 3.63. The van der Waals surface area contributed by atoms with Crippen LogP contribution in [0.4, 0.5) is 5.82 Å². The molecule has 0 radical (unpaired) electrons. The fraction of sp³-hybridized carbons (Fsp3) is 0.714. The molecule has 0 amide bonds. The van der Waals surface area contributed by atoms with Crippen LogP contribution < -0.4 is 20.5 Å². The van der Waals surface area contributed by atoms with Crippen LogP contribution in [0.2, 0.25) is 0 Å². The lowest BCUT2D eigenvalue weighted by Gasteiger charge is -2.29. The van der Waals surface area contributed by atoms with Gasteiger partial charge in [-0.3, -0.25) is 9.78 Å². The summed E-state index contributed by atoms with van der Waals surface area (Å²) in [5.41, 5.74) is 0.748. The lowest BCUT2D eigenvalue weighted by Crippen LogP contribution is -2.50. The maximum atomic E-state index is 12.5. The highest BCUT2D eigenvalue weighted by Crippen LogP contribution is 2.15. The Balaban J connectivity index is 2.45. The second kappa shape index (κ2) is 6.26. The fourth-order valence-electron chi connectivity index (χ4n) is 2.63. The zero-order valence-corrected chi connectivity index (χ0v) is 12.5. The summed E-state index contributed by atoms with van der Waals surface area (Å²) in [4.78, 5) is 17.2. The van der Waals surface area contributed by atoms with Crippen LogP contribution in [0.3, 0.4) is 0 Å². The Kier molecular flexibility index (Phi) is 4.65. The lowest BCUT2D eigenvalue weighted by molar-refractivity contribution is -0.623. The zero-order chi connectivity index (χ0) is 14.7. The van der Waals surface area contributed by atoms with Crippen molar-refractivity contribution in [1.29, 1.82) is 0 Å². The molecule has 1 aromatic heterocycles. The third-order valence-corrected chi connectivity index (χ3v) is 3.63. The van der Waals surface area contributed by atoms with Crippen LogP contribution in [0, 0.1) is 11.1 Å². The molecule has 0 spiro atoms. The molecule has 1 aliphatic heterocycles. The molecule has 1 fully saturated rings. The van der Waals surface area contributed by atoms with E-state index in [9.17, 15) is 10.0 Å². The molecule has 6 nitrogen and oxygen atoms in total. The monoisotopic (exact) mass is 280 g/mol. The van der Waals surface area contributed by atoms with E-state index < -0.39 is 0 Å². The van der Waals surface area contributed by atoms with Gasteiger partial charge in [0.05, 0.1) is 0 Å². The summed E-state index contributed by atoms with van der Waals surface area (Å²) >= 11 is 0. The van der Waals surface area contributed by atoms with E-state index >= 15 is 0 Å². The van der Waals surface area contributed by atoms with Crippen LogP contribution in [0.25, 0.3) is 0 Å². The van der Waals surface area contributed by atoms with E-state index in [0.29, 0.717) is 30.0 Å². The van der Waals surface area contributed by atoms with Gasteiger partial charge in [-0.1, -0.05) is 20.8 Å². The Morgan fingerprint density at radius 1 is 1.30 bits per heavy atom. The summed E-state index contributed by atoms with van der Waals surface area (Å²) in [7, 11) is 0. The number of hydrogen-bond acceptors (Lipinski definition) is 4. The summed E-state index contributed by atoms with van der Waals surface area (Å²) in [6.45, 7) is 9.34. The van der Waals surface area contributed by atoms with Gasteiger partial charge in [0, 0.05) is 39.0 Å². The first-order valence-corrected chi connectivity index (χ1v) is 7.37. The highest BCUT2D eigenvalue weighted by atomic mass is 16.5. The number of rotatable bonds is 4. The molecule has 2 N–H and O–H groups in total. The van der Waals surface area contributed by atoms with Crippen molar-refractivity contribution >= 4 is 5.82 Å². The predicted molar refractivity (Wildman–Crippen MR) is 79.0 cm³/mol. The van der Waals surface area contributed by atoms with Crippen LogP contribution in [0.5, 0.6) is 0 Å². The first-order chi connectivity index (χ1) is 9.54. The van der Waals surface area contributed by atoms with Crippen molar-refractivity contribution < 1.29 is 4.73 Å². The van der Waals surface area contributed by atoms with Crippen LogP contribution >= 0.6 is 0 Å². The van der Waals surface area contributed by atoms with Crippen LogP contribution in [0.1, 0.15) is 32.2 Å². The van der Waals surface area contributed by atoms with E-state index in [1.54, 1.807) is 0 Å². The molecule has 0 bridgehead atoms. The summed E-state index contributed by atoms with van der Waals surface area (Å²) < 4.78 is 0.857. The number of H-pyrrole nitrogens is 1. The largest absolute Gasteiger partial charge is 0.618 e. The van der Waals surface area contributed by atoms with Gasteiger partial charge >= 0.3 is 5.56 Å². The number of aromatic nitrogens is 2. The molecule has 6 heteroatoms. The average Bonchev–Trinajstić information content (AvgIpc) is 2.43. The number of piperazine rings is 1. The summed E-state index contributed by atoms with van der Waals surface area (Å²) in [5, 5.41) is 15.7. The Morgan fingerprint density at radius 3 is 2.50 bits per heavy atom. The van der Waals surface area contributed by atoms with Gasteiger partial charge in [-0.2, -0.15) is 4.73 Å². The smallest absolute Gasteiger partial charge is 0.318 e. The minimum atomic E-state index is -0.251. The van der Waals surface area contributed by atoms with Crippen LogP contribution in [0.15, 0.2) is 4.79 Å². The third kappa shape index (κ3) is 2.95. The molecule has 2 heterocycles. The molecular weight excluding hydrogens is 256 g/mol. The van der Waals surface area contributed by atoms with E-state index in [2.05, 4.69) is 15.2 Å². The number of nitrogens with one attached hydrogen (secondary N) is 2. The first-order valence-electron chi connectivity index (χ1n) is 7.37.